The number of carbonyl (C=O) groups excluding carboxylic acids is 2. The van der Waals surface area contributed by atoms with Crippen molar-refractivity contribution in [1.29, 1.82) is 0 Å². The van der Waals surface area contributed by atoms with Crippen LogP contribution in [0.1, 0.15) is 44.3 Å². The molecule has 0 atom stereocenters. The molecule has 4 rings (SSSR count). The second kappa shape index (κ2) is 10.5. The number of furan rings is 1. The molecule has 1 aromatic carbocycles. The molecule has 2 aliphatic rings. The maximum atomic E-state index is 12.5. The van der Waals surface area contributed by atoms with Gasteiger partial charge in [-0.05, 0) is 49.9 Å². The summed E-state index contributed by atoms with van der Waals surface area (Å²) >= 11 is 5.98. The summed E-state index contributed by atoms with van der Waals surface area (Å²) in [6.45, 7) is 0.0850. The molecule has 2 fully saturated rings. The fraction of sp³-hybridized carbons (Fsp3) is 0.565. The molecule has 2 amide bonds. The zero-order chi connectivity index (χ0) is 24.3. The molecular formula is C23H26ClF3N2O5. The number of hydrogen-bond acceptors (Lipinski definition) is 5. The van der Waals surface area contributed by atoms with Crippen LogP contribution in [0.15, 0.2) is 28.7 Å². The maximum absolute atomic E-state index is 12.5. The minimum atomic E-state index is -4.65. The van der Waals surface area contributed by atoms with Crippen molar-refractivity contribution in [1.82, 2.24) is 10.6 Å². The number of carbonyl (C=O) groups is 2. The third kappa shape index (κ3) is 6.86. The van der Waals surface area contributed by atoms with E-state index in [-0.39, 0.29) is 49.8 Å². The van der Waals surface area contributed by atoms with Crippen molar-refractivity contribution in [2.24, 2.45) is 5.92 Å². The van der Waals surface area contributed by atoms with Crippen molar-refractivity contribution in [3.05, 3.63) is 35.0 Å². The Bertz CT molecular complexity index is 1010. The molecule has 0 bridgehead atoms. The Labute approximate surface area is 199 Å². The largest absolute Gasteiger partial charge is 0.522 e. The van der Waals surface area contributed by atoms with Crippen LogP contribution in [0.2, 0.25) is 5.02 Å². The van der Waals surface area contributed by atoms with E-state index in [4.69, 9.17) is 20.8 Å². The van der Waals surface area contributed by atoms with Gasteiger partial charge in [-0.25, -0.2) is 0 Å². The van der Waals surface area contributed by atoms with Crippen LogP contribution in [-0.2, 0) is 25.6 Å². The highest BCUT2D eigenvalue weighted by molar-refractivity contribution is 6.31. The lowest BCUT2D eigenvalue weighted by Crippen LogP contribution is -2.44. The van der Waals surface area contributed by atoms with Gasteiger partial charge < -0.3 is 19.8 Å². The standard InChI is InChI=1S/C23H26ClF3N2O5/c24-15-3-6-20-14(7-15)8-19(33-20)11-28-22(31)13-1-4-16(5-2-13)29-21(30)12-32-17-9-18(10-17)34-23(25,26)27/h3,6-8,13,16-18H,1-2,4-5,9-12H2,(H,28,31)(H,29,30)/t13-,16-,17-,18+. The number of ether oxygens (including phenoxy) is 2. The van der Waals surface area contributed by atoms with Gasteiger partial charge in [-0.1, -0.05) is 11.6 Å². The molecule has 1 heterocycles. The van der Waals surface area contributed by atoms with Crippen LogP contribution in [0.4, 0.5) is 13.2 Å². The van der Waals surface area contributed by atoms with Crippen molar-refractivity contribution in [2.75, 3.05) is 6.61 Å². The number of hydrogen-bond donors (Lipinski definition) is 2. The quantitative estimate of drug-likeness (QED) is 0.556. The summed E-state index contributed by atoms with van der Waals surface area (Å²) in [5.41, 5.74) is 0.709. The molecule has 1 aromatic heterocycles. The van der Waals surface area contributed by atoms with Crippen molar-refractivity contribution in [3.63, 3.8) is 0 Å². The average molecular weight is 503 g/mol. The molecule has 0 unspecified atom stereocenters. The van der Waals surface area contributed by atoms with E-state index in [1.165, 1.54) is 0 Å². The number of benzene rings is 1. The second-order valence-corrected chi connectivity index (χ2v) is 9.26. The first-order valence-electron chi connectivity index (χ1n) is 11.3. The van der Waals surface area contributed by atoms with Gasteiger partial charge in [-0.2, -0.15) is 0 Å². The number of fused-ring (bicyclic) bond motifs is 1. The topological polar surface area (TPSA) is 89.8 Å². The van der Waals surface area contributed by atoms with E-state index in [2.05, 4.69) is 15.4 Å². The zero-order valence-corrected chi connectivity index (χ0v) is 19.1. The van der Waals surface area contributed by atoms with Crippen LogP contribution >= 0.6 is 11.6 Å². The Balaban J connectivity index is 1.11. The normalized spacial score (nSPS) is 25.1. The lowest BCUT2D eigenvalue weighted by atomic mass is 9.85. The first-order valence-corrected chi connectivity index (χ1v) is 11.6. The van der Waals surface area contributed by atoms with Crippen LogP contribution in [-0.4, -0.2) is 43.0 Å². The van der Waals surface area contributed by atoms with E-state index >= 15 is 0 Å². The van der Waals surface area contributed by atoms with Gasteiger partial charge in [0.2, 0.25) is 11.8 Å². The van der Waals surface area contributed by atoms with E-state index in [0.29, 0.717) is 42.0 Å². The van der Waals surface area contributed by atoms with E-state index in [1.54, 1.807) is 18.2 Å². The van der Waals surface area contributed by atoms with E-state index in [0.717, 1.165) is 5.39 Å². The number of nitrogens with one attached hydrogen (secondary N) is 2. The molecule has 11 heteroatoms. The van der Waals surface area contributed by atoms with Crippen LogP contribution in [0.25, 0.3) is 11.0 Å². The Kier molecular flexibility index (Phi) is 7.69. The molecule has 0 spiro atoms. The van der Waals surface area contributed by atoms with Gasteiger partial charge in [0.05, 0.1) is 18.8 Å². The van der Waals surface area contributed by atoms with Crippen LogP contribution < -0.4 is 10.6 Å². The van der Waals surface area contributed by atoms with Gasteiger partial charge in [0.15, 0.2) is 0 Å². The smallest absolute Gasteiger partial charge is 0.459 e. The molecule has 0 aliphatic heterocycles. The predicted molar refractivity (Wildman–Crippen MR) is 117 cm³/mol. The van der Waals surface area contributed by atoms with Gasteiger partial charge in [0.1, 0.15) is 18.0 Å². The van der Waals surface area contributed by atoms with E-state index in [9.17, 15) is 22.8 Å². The molecule has 34 heavy (non-hydrogen) atoms. The fourth-order valence-corrected chi connectivity index (χ4v) is 4.56. The highest BCUT2D eigenvalue weighted by Crippen LogP contribution is 2.32. The van der Waals surface area contributed by atoms with Crippen molar-refractivity contribution < 1.29 is 36.7 Å². The highest BCUT2D eigenvalue weighted by atomic mass is 35.5. The number of halogens is 4. The van der Waals surface area contributed by atoms with Gasteiger partial charge in [0.25, 0.3) is 0 Å². The Hall–Kier alpha value is -2.30. The third-order valence-corrected chi connectivity index (χ3v) is 6.47. The molecular weight excluding hydrogens is 477 g/mol. The molecule has 2 N–H and O–H groups in total. The number of alkyl halides is 3. The Morgan fingerprint density at radius 2 is 1.82 bits per heavy atom. The molecule has 0 saturated heterocycles. The summed E-state index contributed by atoms with van der Waals surface area (Å²) in [6, 6.07) is 7.13. The minimum Gasteiger partial charge on any atom is -0.459 e. The first-order chi connectivity index (χ1) is 16.1. The summed E-state index contributed by atoms with van der Waals surface area (Å²) in [5.74, 6) is 0.156. The lowest BCUT2D eigenvalue weighted by molar-refractivity contribution is -0.357. The fourth-order valence-electron chi connectivity index (χ4n) is 4.38. The summed E-state index contributed by atoms with van der Waals surface area (Å²) in [7, 11) is 0. The number of rotatable bonds is 8. The molecule has 0 radical (unpaired) electrons. The molecule has 2 aromatic rings. The molecule has 2 aliphatic carbocycles. The second-order valence-electron chi connectivity index (χ2n) is 8.82. The van der Waals surface area contributed by atoms with Crippen LogP contribution in [0.3, 0.4) is 0 Å². The average Bonchev–Trinajstić information content (AvgIpc) is 3.15. The van der Waals surface area contributed by atoms with Crippen molar-refractivity contribution in [2.45, 2.75) is 69.7 Å². The van der Waals surface area contributed by atoms with Gasteiger partial charge in [-0.3, -0.25) is 14.3 Å². The Morgan fingerprint density at radius 1 is 1.09 bits per heavy atom. The van der Waals surface area contributed by atoms with Gasteiger partial charge >= 0.3 is 6.36 Å². The Morgan fingerprint density at radius 3 is 2.53 bits per heavy atom. The van der Waals surface area contributed by atoms with Crippen LogP contribution in [0, 0.1) is 5.92 Å². The van der Waals surface area contributed by atoms with Crippen molar-refractivity contribution >= 4 is 34.4 Å². The minimum absolute atomic E-state index is 0.0489. The van der Waals surface area contributed by atoms with Gasteiger partial charge in [-0.15, -0.1) is 13.2 Å². The number of amides is 2. The third-order valence-electron chi connectivity index (χ3n) is 6.23. The van der Waals surface area contributed by atoms with E-state index < -0.39 is 18.6 Å². The van der Waals surface area contributed by atoms with E-state index in [1.807, 2.05) is 6.07 Å². The summed E-state index contributed by atoms with van der Waals surface area (Å²) < 4.78 is 51.3. The highest BCUT2D eigenvalue weighted by Gasteiger charge is 2.40. The van der Waals surface area contributed by atoms with Crippen molar-refractivity contribution in [3.8, 4) is 0 Å². The summed E-state index contributed by atoms with van der Waals surface area (Å²) in [4.78, 5) is 24.6. The molecule has 186 valence electrons. The lowest BCUT2D eigenvalue weighted by Gasteiger charge is -2.35. The SMILES string of the molecule is O=C(CO[C@H]1C[C@@H](OC(F)(F)F)C1)N[C@H]1CC[C@H](C(=O)NCc2cc3cc(Cl)ccc3o2)CC1. The first kappa shape index (κ1) is 24.8. The van der Waals surface area contributed by atoms with Crippen LogP contribution in [0.5, 0.6) is 0 Å². The molecule has 7 nitrogen and oxygen atoms in total. The van der Waals surface area contributed by atoms with Gasteiger partial charge in [0, 0.05) is 35.2 Å². The summed E-state index contributed by atoms with van der Waals surface area (Å²) in [6.07, 6.45) is -3.09. The molecule has 2 saturated carbocycles. The zero-order valence-electron chi connectivity index (χ0n) is 18.3. The monoisotopic (exact) mass is 502 g/mol. The summed E-state index contributed by atoms with van der Waals surface area (Å²) in [5, 5.41) is 7.28. The predicted octanol–water partition coefficient (Wildman–Crippen LogP) is 4.46. The maximum Gasteiger partial charge on any atom is 0.522 e.